The number of hydrogen-bond donors (Lipinski definition) is 3. The van der Waals surface area contributed by atoms with Crippen molar-refractivity contribution in [1.82, 2.24) is 5.32 Å². The van der Waals surface area contributed by atoms with Crippen molar-refractivity contribution in [3.63, 3.8) is 0 Å². The normalized spacial score (nSPS) is 14.8. The predicted molar refractivity (Wildman–Crippen MR) is 276 cm³/mol. The first-order valence-corrected chi connectivity index (χ1v) is 28.8. The lowest BCUT2D eigenvalue weighted by atomic mass is 10.0. The average Bonchev–Trinajstić information content (AvgIpc) is 3.26. The van der Waals surface area contributed by atoms with Gasteiger partial charge in [0.1, 0.15) is 19.3 Å². The quantitative estimate of drug-likeness (QED) is 0.0240. The van der Waals surface area contributed by atoms with Gasteiger partial charge in [0.2, 0.25) is 5.91 Å². The van der Waals surface area contributed by atoms with Crippen LogP contribution in [0.25, 0.3) is 0 Å². The van der Waals surface area contributed by atoms with Crippen molar-refractivity contribution in [3.05, 3.63) is 36.5 Å². The minimum absolute atomic E-state index is 0.0491. The SMILES string of the molecule is C/C=C/CC/C=C/CC/C=C/CCCC(O)C(O)C(COP(=O)([O-])OCC[N+](C)(C)C)NC(=O)CCCCCCCCCCCCCCCCCCCCCCCCCCCCCCC. The van der Waals surface area contributed by atoms with Gasteiger partial charge in [-0.15, -0.1) is 0 Å². The highest BCUT2D eigenvalue weighted by atomic mass is 31.2. The van der Waals surface area contributed by atoms with E-state index in [2.05, 4.69) is 48.7 Å². The van der Waals surface area contributed by atoms with Crippen LogP contribution in [-0.2, 0) is 18.4 Å². The molecule has 0 aromatic rings. The Balaban J connectivity index is 4.14. The van der Waals surface area contributed by atoms with Crippen molar-refractivity contribution >= 4 is 13.7 Å². The van der Waals surface area contributed by atoms with Gasteiger partial charge in [0.05, 0.1) is 39.9 Å². The molecule has 10 heteroatoms. The molecule has 0 aromatic carbocycles. The minimum atomic E-state index is -4.68. The minimum Gasteiger partial charge on any atom is -0.756 e. The number of phosphoric ester groups is 1. The second-order valence-corrected chi connectivity index (χ2v) is 21.5. The van der Waals surface area contributed by atoms with Gasteiger partial charge in [0.15, 0.2) is 0 Å². The molecule has 0 spiro atoms. The molecule has 0 aromatic heterocycles. The number of carbonyl (C=O) groups is 1. The molecule has 65 heavy (non-hydrogen) atoms. The summed E-state index contributed by atoms with van der Waals surface area (Å²) in [6.45, 7) is 4.22. The van der Waals surface area contributed by atoms with Gasteiger partial charge in [-0.25, -0.2) is 0 Å². The molecule has 9 nitrogen and oxygen atoms in total. The van der Waals surface area contributed by atoms with E-state index in [0.717, 1.165) is 44.9 Å². The Morgan fingerprint density at radius 3 is 1.32 bits per heavy atom. The van der Waals surface area contributed by atoms with Crippen LogP contribution in [0, 0.1) is 0 Å². The second kappa shape index (κ2) is 46.4. The lowest BCUT2D eigenvalue weighted by molar-refractivity contribution is -0.870. The van der Waals surface area contributed by atoms with Crippen LogP contribution >= 0.6 is 7.82 Å². The molecular formula is C55H107N2O7P. The van der Waals surface area contributed by atoms with Crippen molar-refractivity contribution in [2.45, 2.75) is 270 Å². The Morgan fingerprint density at radius 1 is 0.569 bits per heavy atom. The summed E-state index contributed by atoms with van der Waals surface area (Å²) in [6.07, 6.45) is 55.2. The summed E-state index contributed by atoms with van der Waals surface area (Å²) in [4.78, 5) is 25.5. The maximum atomic E-state index is 13.0. The molecule has 1 amide bonds. The monoisotopic (exact) mass is 939 g/mol. The predicted octanol–water partition coefficient (Wildman–Crippen LogP) is 14.5. The third kappa shape index (κ3) is 47.5. The molecule has 0 fully saturated rings. The third-order valence-corrected chi connectivity index (χ3v) is 13.5. The van der Waals surface area contributed by atoms with Crippen molar-refractivity contribution in [3.8, 4) is 0 Å². The number of amides is 1. The number of allylic oxidation sites excluding steroid dienone is 6. The summed E-state index contributed by atoms with van der Waals surface area (Å²) in [7, 11) is 1.10. The zero-order chi connectivity index (χ0) is 48.0. The number of carbonyl (C=O) groups excluding carboxylic acids is 1. The van der Waals surface area contributed by atoms with Crippen molar-refractivity contribution in [1.29, 1.82) is 0 Å². The highest BCUT2D eigenvalue weighted by Crippen LogP contribution is 2.38. The first-order chi connectivity index (χ1) is 31.4. The molecule has 0 saturated heterocycles. The molecule has 4 atom stereocenters. The fourth-order valence-electron chi connectivity index (χ4n) is 8.18. The van der Waals surface area contributed by atoms with Crippen LogP contribution in [0.4, 0.5) is 0 Å². The smallest absolute Gasteiger partial charge is 0.268 e. The van der Waals surface area contributed by atoms with Crippen LogP contribution in [-0.4, -0.2) is 79.8 Å². The first kappa shape index (κ1) is 63.7. The number of nitrogens with one attached hydrogen (secondary N) is 1. The molecule has 0 bridgehead atoms. The van der Waals surface area contributed by atoms with Crippen LogP contribution in [0.2, 0.25) is 0 Å². The molecule has 0 radical (unpaired) electrons. The van der Waals surface area contributed by atoms with Crippen LogP contribution in [0.15, 0.2) is 36.5 Å². The van der Waals surface area contributed by atoms with E-state index in [1.165, 1.54) is 167 Å². The zero-order valence-corrected chi connectivity index (χ0v) is 44.2. The van der Waals surface area contributed by atoms with E-state index in [1.807, 2.05) is 28.1 Å². The fraction of sp³-hybridized carbons (Fsp3) is 0.873. The second-order valence-electron chi connectivity index (χ2n) is 20.1. The van der Waals surface area contributed by atoms with Crippen molar-refractivity contribution in [2.24, 2.45) is 0 Å². The Hall–Kier alpha value is -1.32. The van der Waals surface area contributed by atoms with E-state index in [0.29, 0.717) is 30.3 Å². The van der Waals surface area contributed by atoms with Gasteiger partial charge in [0.25, 0.3) is 7.82 Å². The number of hydrogen-bond acceptors (Lipinski definition) is 7. The molecule has 0 aliphatic carbocycles. The van der Waals surface area contributed by atoms with Gasteiger partial charge in [0, 0.05) is 6.42 Å². The average molecular weight is 939 g/mol. The number of aliphatic hydroxyl groups excluding tert-OH is 2. The Morgan fingerprint density at radius 2 is 0.938 bits per heavy atom. The van der Waals surface area contributed by atoms with Crippen molar-refractivity contribution in [2.75, 3.05) is 40.9 Å². The summed E-state index contributed by atoms with van der Waals surface area (Å²) in [6, 6.07) is -1.10. The topological polar surface area (TPSA) is 128 Å². The Bertz CT molecular complexity index is 1170. The van der Waals surface area contributed by atoms with Gasteiger partial charge in [-0.3, -0.25) is 9.36 Å². The number of unbranched alkanes of at least 4 members (excludes halogenated alkanes) is 31. The van der Waals surface area contributed by atoms with Crippen LogP contribution in [0.3, 0.4) is 0 Å². The number of likely N-dealkylation sites (N-methyl/N-ethyl adjacent to an activating group) is 1. The van der Waals surface area contributed by atoms with Gasteiger partial charge in [-0.05, 0) is 58.3 Å². The summed E-state index contributed by atoms with van der Waals surface area (Å²) in [5.74, 6) is -0.291. The van der Waals surface area contributed by atoms with E-state index in [-0.39, 0.29) is 18.9 Å². The maximum absolute atomic E-state index is 13.0. The Kier molecular flexibility index (Phi) is 45.5. The summed E-state index contributed by atoms with van der Waals surface area (Å²) in [5.41, 5.74) is 0. The largest absolute Gasteiger partial charge is 0.756 e. The molecule has 0 heterocycles. The van der Waals surface area contributed by atoms with E-state index < -0.39 is 32.7 Å². The molecule has 0 saturated carbocycles. The van der Waals surface area contributed by atoms with Gasteiger partial charge in [-0.2, -0.15) is 0 Å². The van der Waals surface area contributed by atoms with Gasteiger partial charge >= 0.3 is 0 Å². The molecule has 3 N–H and O–H groups in total. The van der Waals surface area contributed by atoms with E-state index in [4.69, 9.17) is 9.05 Å². The lowest BCUT2D eigenvalue weighted by Crippen LogP contribution is -2.51. The highest BCUT2D eigenvalue weighted by molar-refractivity contribution is 7.45. The molecule has 384 valence electrons. The third-order valence-electron chi connectivity index (χ3n) is 12.5. The summed E-state index contributed by atoms with van der Waals surface area (Å²) in [5, 5.41) is 24.6. The molecule has 0 aliphatic rings. The standard InChI is InChI=1S/C55H107N2O7P/c1-6-8-10-12-14-16-18-20-21-22-23-24-25-26-27-28-29-30-31-32-33-34-35-36-38-40-42-44-46-48-54(59)56-52(51-64-65(61,62)63-50-49-57(3,4)5)55(60)53(58)47-45-43-41-39-37-19-17-15-13-11-9-7-2/h7,9,15,17,39,41,52-53,55,58,60H,6,8,10-14,16,18-38,40,42-51H2,1-5H3,(H-,56,59,61,62)/b9-7+,17-15+,41-39+. The van der Waals surface area contributed by atoms with Crippen LogP contribution < -0.4 is 10.2 Å². The molecule has 0 aliphatic heterocycles. The zero-order valence-electron chi connectivity index (χ0n) is 43.3. The van der Waals surface area contributed by atoms with Gasteiger partial charge in [-0.1, -0.05) is 223 Å². The molecule has 4 unspecified atom stereocenters. The summed E-state index contributed by atoms with van der Waals surface area (Å²) >= 11 is 0. The van der Waals surface area contributed by atoms with Crippen LogP contribution in [0.5, 0.6) is 0 Å². The van der Waals surface area contributed by atoms with Gasteiger partial charge < -0.3 is 34.0 Å². The van der Waals surface area contributed by atoms with E-state index in [9.17, 15) is 24.5 Å². The first-order valence-electron chi connectivity index (χ1n) is 27.4. The number of phosphoric acid groups is 1. The molecular weight excluding hydrogens is 832 g/mol. The maximum Gasteiger partial charge on any atom is 0.268 e. The van der Waals surface area contributed by atoms with Crippen molar-refractivity contribution < 1.29 is 38.0 Å². The summed E-state index contributed by atoms with van der Waals surface area (Å²) < 4.78 is 23.2. The Labute approximate surface area is 402 Å². The van der Waals surface area contributed by atoms with E-state index in [1.54, 1.807) is 0 Å². The number of nitrogens with zero attached hydrogens (tertiary/aromatic N) is 1. The number of quaternary nitrogens is 1. The highest BCUT2D eigenvalue weighted by Gasteiger charge is 2.29. The fourth-order valence-corrected chi connectivity index (χ4v) is 8.90. The number of aliphatic hydroxyl groups is 2. The van der Waals surface area contributed by atoms with E-state index >= 15 is 0 Å². The lowest BCUT2D eigenvalue weighted by Gasteiger charge is -2.31. The van der Waals surface area contributed by atoms with Crippen LogP contribution in [0.1, 0.15) is 251 Å². The number of rotatable bonds is 50. The molecule has 0 rings (SSSR count).